The number of benzene rings is 1. The summed E-state index contributed by atoms with van der Waals surface area (Å²) in [6.07, 6.45) is 0. The maximum absolute atomic E-state index is 4.63. The van der Waals surface area contributed by atoms with Gasteiger partial charge in [-0.1, -0.05) is 6.07 Å². The molecule has 0 aliphatic heterocycles. The summed E-state index contributed by atoms with van der Waals surface area (Å²) < 4.78 is 1.96. The fourth-order valence-electron chi connectivity index (χ4n) is 2.19. The highest BCUT2D eigenvalue weighted by Gasteiger charge is 2.13. The summed E-state index contributed by atoms with van der Waals surface area (Å²) in [6, 6.07) is 4.49. The van der Waals surface area contributed by atoms with E-state index in [9.17, 15) is 0 Å². The third-order valence-corrected chi connectivity index (χ3v) is 3.73. The van der Waals surface area contributed by atoms with Gasteiger partial charge in [0.25, 0.3) is 0 Å². The quantitative estimate of drug-likeness (QED) is 0.728. The lowest BCUT2D eigenvalue weighted by Crippen LogP contribution is -1.93. The van der Waals surface area contributed by atoms with Crippen LogP contribution in [0.25, 0.3) is 11.3 Å². The molecule has 1 aromatic heterocycles. The molecule has 2 heteroatoms. The predicted octanol–water partition coefficient (Wildman–Crippen LogP) is 3.63. The van der Waals surface area contributed by atoms with Crippen LogP contribution in [0.2, 0.25) is 0 Å². The van der Waals surface area contributed by atoms with E-state index in [4.69, 9.17) is 0 Å². The summed E-state index contributed by atoms with van der Waals surface area (Å²) in [5.41, 5.74) is 8.86. The minimum absolute atomic E-state index is 1.12. The maximum atomic E-state index is 4.63. The summed E-state index contributed by atoms with van der Waals surface area (Å²) in [5, 5.41) is 4.63. The first-order valence-electron chi connectivity index (χ1n) is 6.00. The molecule has 2 rings (SSSR count). The van der Waals surface area contributed by atoms with Gasteiger partial charge in [-0.2, -0.15) is 5.10 Å². The van der Waals surface area contributed by atoms with Crippen molar-refractivity contribution in [2.75, 3.05) is 0 Å². The van der Waals surface area contributed by atoms with Crippen molar-refractivity contribution in [3.8, 4) is 11.3 Å². The highest BCUT2D eigenvalue weighted by atomic mass is 15.3. The smallest absolute Gasteiger partial charge is 0.0957 e. The van der Waals surface area contributed by atoms with E-state index >= 15 is 0 Å². The van der Waals surface area contributed by atoms with Crippen molar-refractivity contribution in [3.63, 3.8) is 0 Å². The van der Waals surface area contributed by atoms with E-state index in [0.717, 1.165) is 5.69 Å². The van der Waals surface area contributed by atoms with Crippen molar-refractivity contribution in [2.45, 2.75) is 34.6 Å². The molecule has 2 aromatic rings. The van der Waals surface area contributed by atoms with Crippen LogP contribution in [0.4, 0.5) is 0 Å². The molecular formula is C15H20N2. The second-order valence-electron chi connectivity index (χ2n) is 4.93. The number of aromatic nitrogens is 2. The fourth-order valence-corrected chi connectivity index (χ4v) is 2.19. The van der Waals surface area contributed by atoms with Gasteiger partial charge in [-0.15, -0.1) is 0 Å². The molecule has 0 saturated heterocycles. The van der Waals surface area contributed by atoms with Crippen LogP contribution in [0.15, 0.2) is 12.1 Å². The number of rotatable bonds is 1. The van der Waals surface area contributed by atoms with Gasteiger partial charge < -0.3 is 0 Å². The molecule has 0 aliphatic rings. The Balaban J connectivity index is 2.68. The van der Waals surface area contributed by atoms with Crippen LogP contribution in [0, 0.1) is 34.6 Å². The molecular weight excluding hydrogens is 208 g/mol. The van der Waals surface area contributed by atoms with E-state index in [1.54, 1.807) is 0 Å². The third-order valence-electron chi connectivity index (χ3n) is 3.73. The molecule has 0 fully saturated rings. The molecule has 17 heavy (non-hydrogen) atoms. The van der Waals surface area contributed by atoms with Crippen molar-refractivity contribution < 1.29 is 0 Å². The molecule has 0 amide bonds. The van der Waals surface area contributed by atoms with Crippen LogP contribution in [-0.2, 0) is 7.05 Å². The van der Waals surface area contributed by atoms with Gasteiger partial charge >= 0.3 is 0 Å². The van der Waals surface area contributed by atoms with Gasteiger partial charge in [0.05, 0.1) is 5.69 Å². The first kappa shape index (κ1) is 11.9. The average molecular weight is 228 g/mol. The van der Waals surface area contributed by atoms with Crippen LogP contribution in [0.5, 0.6) is 0 Å². The Bertz CT molecular complexity index is 577. The second-order valence-corrected chi connectivity index (χ2v) is 4.93. The van der Waals surface area contributed by atoms with Gasteiger partial charge in [0.15, 0.2) is 0 Å². The lowest BCUT2D eigenvalue weighted by Gasteiger charge is -2.08. The average Bonchev–Trinajstić information content (AvgIpc) is 2.51. The molecule has 0 radical (unpaired) electrons. The summed E-state index contributed by atoms with van der Waals surface area (Å²) in [6.45, 7) is 10.7. The molecule has 0 spiro atoms. The van der Waals surface area contributed by atoms with Gasteiger partial charge in [-0.3, -0.25) is 4.68 Å². The van der Waals surface area contributed by atoms with Crippen LogP contribution >= 0.6 is 0 Å². The Morgan fingerprint density at radius 1 is 0.882 bits per heavy atom. The Morgan fingerprint density at radius 3 is 2.00 bits per heavy atom. The lowest BCUT2D eigenvalue weighted by atomic mass is 9.97. The molecule has 90 valence electrons. The summed E-state index contributed by atoms with van der Waals surface area (Å²) in [4.78, 5) is 0. The molecule has 1 aromatic carbocycles. The van der Waals surface area contributed by atoms with E-state index in [1.165, 1.54) is 33.5 Å². The normalized spacial score (nSPS) is 10.9. The minimum Gasteiger partial charge on any atom is -0.272 e. The van der Waals surface area contributed by atoms with Crippen LogP contribution in [0.1, 0.15) is 27.9 Å². The van der Waals surface area contributed by atoms with Crippen LogP contribution in [-0.4, -0.2) is 9.78 Å². The van der Waals surface area contributed by atoms with Gasteiger partial charge in [0.2, 0.25) is 0 Å². The van der Waals surface area contributed by atoms with Crippen LogP contribution in [0.3, 0.4) is 0 Å². The number of aryl methyl sites for hydroxylation is 4. The van der Waals surface area contributed by atoms with Crippen molar-refractivity contribution in [3.05, 3.63) is 40.1 Å². The van der Waals surface area contributed by atoms with Crippen molar-refractivity contribution in [2.24, 2.45) is 7.05 Å². The van der Waals surface area contributed by atoms with Crippen LogP contribution < -0.4 is 0 Å². The molecule has 0 atom stereocenters. The van der Waals surface area contributed by atoms with E-state index in [1.807, 2.05) is 11.7 Å². The summed E-state index contributed by atoms with van der Waals surface area (Å²) in [5.74, 6) is 0. The Labute approximate surface area is 103 Å². The summed E-state index contributed by atoms with van der Waals surface area (Å²) >= 11 is 0. The minimum atomic E-state index is 1.12. The van der Waals surface area contributed by atoms with E-state index in [-0.39, 0.29) is 0 Å². The zero-order valence-corrected chi connectivity index (χ0v) is 11.5. The molecule has 0 N–H and O–H groups in total. The number of hydrogen-bond donors (Lipinski definition) is 0. The third kappa shape index (κ3) is 1.88. The number of nitrogens with zero attached hydrogens (tertiary/aromatic N) is 2. The first-order chi connectivity index (χ1) is 7.91. The van der Waals surface area contributed by atoms with Crippen molar-refractivity contribution in [1.29, 1.82) is 0 Å². The maximum Gasteiger partial charge on any atom is 0.0957 e. The highest BCUT2D eigenvalue weighted by molar-refractivity contribution is 5.68. The molecule has 2 nitrogen and oxygen atoms in total. The van der Waals surface area contributed by atoms with Gasteiger partial charge in [-0.05, 0) is 62.9 Å². The lowest BCUT2D eigenvalue weighted by molar-refractivity contribution is 0.741. The SMILES string of the molecule is Cc1cc(C)c(-c2nn(C)c(C)c2C)cc1C. The molecule has 0 bridgehead atoms. The largest absolute Gasteiger partial charge is 0.272 e. The van der Waals surface area contributed by atoms with Gasteiger partial charge in [0, 0.05) is 18.3 Å². The van der Waals surface area contributed by atoms with Crippen molar-refractivity contribution >= 4 is 0 Å². The Morgan fingerprint density at radius 2 is 1.47 bits per heavy atom. The zero-order valence-electron chi connectivity index (χ0n) is 11.5. The van der Waals surface area contributed by atoms with E-state index in [2.05, 4.69) is 51.9 Å². The molecule has 1 heterocycles. The highest BCUT2D eigenvalue weighted by Crippen LogP contribution is 2.29. The molecule has 0 unspecified atom stereocenters. The fraction of sp³-hybridized carbons (Fsp3) is 0.400. The Kier molecular flexibility index (Phi) is 2.82. The first-order valence-corrected chi connectivity index (χ1v) is 6.00. The second kappa shape index (κ2) is 4.02. The monoisotopic (exact) mass is 228 g/mol. The molecule has 0 saturated carbocycles. The van der Waals surface area contributed by atoms with E-state index in [0.29, 0.717) is 0 Å². The number of hydrogen-bond acceptors (Lipinski definition) is 1. The van der Waals surface area contributed by atoms with Gasteiger partial charge in [-0.25, -0.2) is 0 Å². The zero-order chi connectivity index (χ0) is 12.7. The Hall–Kier alpha value is -1.57. The standard InChI is InChI=1S/C15H20N2/c1-9-7-11(3)14(8-10(9)2)15-12(4)13(5)17(6)16-15/h7-8H,1-6H3. The van der Waals surface area contributed by atoms with E-state index < -0.39 is 0 Å². The predicted molar refractivity (Wildman–Crippen MR) is 72.3 cm³/mol. The van der Waals surface area contributed by atoms with Gasteiger partial charge in [0.1, 0.15) is 0 Å². The topological polar surface area (TPSA) is 17.8 Å². The van der Waals surface area contributed by atoms with Crippen molar-refractivity contribution in [1.82, 2.24) is 9.78 Å². The molecule has 0 aliphatic carbocycles. The summed E-state index contributed by atoms with van der Waals surface area (Å²) in [7, 11) is 2.00.